The highest BCUT2D eigenvalue weighted by atomic mass is 16.5. The zero-order chi connectivity index (χ0) is 29.4. The van der Waals surface area contributed by atoms with Crippen molar-refractivity contribution in [2.24, 2.45) is 16.9 Å². The molecule has 0 unspecified atom stereocenters. The van der Waals surface area contributed by atoms with Gasteiger partial charge in [0.1, 0.15) is 5.75 Å². The van der Waals surface area contributed by atoms with Gasteiger partial charge in [0.15, 0.2) is 11.5 Å². The van der Waals surface area contributed by atoms with E-state index >= 15 is 0 Å². The highest BCUT2D eigenvalue weighted by Crippen LogP contribution is 2.39. The zero-order valence-corrected chi connectivity index (χ0v) is 24.8. The fourth-order valence-electron chi connectivity index (χ4n) is 6.34. The summed E-state index contributed by atoms with van der Waals surface area (Å²) in [6, 6.07) is 13.9. The minimum absolute atomic E-state index is 0. The van der Waals surface area contributed by atoms with Gasteiger partial charge in [-0.15, -0.1) is 10.2 Å². The predicted molar refractivity (Wildman–Crippen MR) is 170 cm³/mol. The number of aromatic amines is 1. The molecule has 2 heterocycles. The molecule has 1 aliphatic heterocycles. The van der Waals surface area contributed by atoms with Crippen LogP contribution in [0.5, 0.6) is 17.2 Å². The Hall–Kier alpha value is -4.21. The van der Waals surface area contributed by atoms with E-state index in [0.29, 0.717) is 30.5 Å². The van der Waals surface area contributed by atoms with Crippen molar-refractivity contribution in [2.45, 2.75) is 77.7 Å². The quantitative estimate of drug-likeness (QED) is 0.150. The Morgan fingerprint density at radius 1 is 0.864 bits per heavy atom. The number of nitrogens with one attached hydrogen (secondary N) is 1. The van der Waals surface area contributed by atoms with Gasteiger partial charge in [0.05, 0.1) is 38.0 Å². The lowest BCUT2D eigenvalue weighted by atomic mass is 9.76. The number of hydrazone groups is 1. The number of nitrogens with zero attached hydrogens (tertiary/aromatic N) is 5. The van der Waals surface area contributed by atoms with Gasteiger partial charge in [-0.2, -0.15) is 10.3 Å². The van der Waals surface area contributed by atoms with Crippen LogP contribution < -0.4 is 14.2 Å². The van der Waals surface area contributed by atoms with E-state index in [2.05, 4.69) is 38.8 Å². The maximum absolute atomic E-state index is 13.6. The number of benzene rings is 2. The van der Waals surface area contributed by atoms with Gasteiger partial charge in [0, 0.05) is 17.0 Å². The van der Waals surface area contributed by atoms with E-state index < -0.39 is 0 Å². The van der Waals surface area contributed by atoms with Gasteiger partial charge in [-0.1, -0.05) is 45.3 Å². The van der Waals surface area contributed by atoms with Gasteiger partial charge in [-0.05, 0) is 86.2 Å². The largest absolute Gasteiger partial charge is 0.494 e. The van der Waals surface area contributed by atoms with E-state index in [4.69, 9.17) is 19.3 Å². The molecule has 234 valence electrons. The number of amides is 1. The normalized spacial score (nSPS) is 20.2. The molecule has 2 aliphatic carbocycles. The molecule has 0 spiro atoms. The SMILES string of the molecule is C.COc1ccc(C2=NN(C3CCCCCC3)C(=O)[C@@H]3CC=CC[C@H]23)cc1OCCCCOc1ccc(-c2nn[nH]n2)cc1. The summed E-state index contributed by atoms with van der Waals surface area (Å²) >= 11 is 0. The number of ether oxygens (including phenoxy) is 3. The van der Waals surface area contributed by atoms with Crippen molar-refractivity contribution in [3.05, 3.63) is 60.2 Å². The van der Waals surface area contributed by atoms with Crippen LogP contribution in [0.15, 0.2) is 59.7 Å². The van der Waals surface area contributed by atoms with Crippen LogP contribution in [0.1, 0.15) is 77.2 Å². The monoisotopic (exact) mass is 600 g/mol. The summed E-state index contributed by atoms with van der Waals surface area (Å²) in [4.78, 5) is 13.6. The number of carbonyl (C=O) groups excluding carboxylic acids is 1. The van der Waals surface area contributed by atoms with Gasteiger partial charge in [0.25, 0.3) is 0 Å². The topological polar surface area (TPSA) is 115 Å². The third-order valence-corrected chi connectivity index (χ3v) is 8.69. The molecule has 6 rings (SSSR count). The van der Waals surface area contributed by atoms with Crippen molar-refractivity contribution in [2.75, 3.05) is 20.3 Å². The standard InChI is InChI=1S/C33H40N6O4.CH4/c1-41-29-19-16-24(31-27-12-6-7-13-28(27)33(40)39(36-31)25-10-4-2-3-5-11-25)22-30(29)43-21-9-8-20-42-26-17-14-23(15-18-26)32-34-37-38-35-32;/h6-7,14-19,22,25,27-28H,2-5,8-13,20-21H2,1H3,(H,34,35,37,38);1H4/t27-,28+;/m0./s1. The van der Waals surface area contributed by atoms with E-state index in [0.717, 1.165) is 74.0 Å². The summed E-state index contributed by atoms with van der Waals surface area (Å²) in [5.41, 5.74) is 2.87. The molecule has 1 aromatic heterocycles. The Balaban J connectivity index is 0.00000384. The summed E-state index contributed by atoms with van der Waals surface area (Å²) in [5.74, 6) is 2.96. The minimum atomic E-state index is -0.0533. The molecule has 10 heteroatoms. The number of H-pyrrole nitrogens is 1. The van der Waals surface area contributed by atoms with Crippen LogP contribution >= 0.6 is 0 Å². The molecular weight excluding hydrogens is 556 g/mol. The van der Waals surface area contributed by atoms with Crippen molar-refractivity contribution in [1.29, 1.82) is 0 Å². The Morgan fingerprint density at radius 2 is 1.57 bits per heavy atom. The zero-order valence-electron chi connectivity index (χ0n) is 24.8. The van der Waals surface area contributed by atoms with Crippen LogP contribution in [-0.2, 0) is 4.79 Å². The van der Waals surface area contributed by atoms with E-state index in [1.54, 1.807) is 7.11 Å². The number of carbonyl (C=O) groups is 1. The predicted octanol–water partition coefficient (Wildman–Crippen LogP) is 6.60. The van der Waals surface area contributed by atoms with Gasteiger partial charge in [-0.3, -0.25) is 4.79 Å². The number of rotatable bonds is 11. The number of aromatic nitrogens is 4. The summed E-state index contributed by atoms with van der Waals surface area (Å²) in [6.07, 6.45) is 14.5. The molecule has 44 heavy (non-hydrogen) atoms. The first-order chi connectivity index (χ1) is 21.2. The lowest BCUT2D eigenvalue weighted by Crippen LogP contribution is -2.49. The molecule has 2 atom stereocenters. The molecule has 10 nitrogen and oxygen atoms in total. The first-order valence-electron chi connectivity index (χ1n) is 15.6. The van der Waals surface area contributed by atoms with Crippen LogP contribution in [-0.4, -0.2) is 63.6 Å². The Bertz CT molecular complexity index is 1410. The maximum atomic E-state index is 13.6. The average Bonchev–Trinajstić information content (AvgIpc) is 3.46. The fraction of sp³-hybridized carbons (Fsp3) is 0.500. The van der Waals surface area contributed by atoms with Crippen molar-refractivity contribution < 1.29 is 19.0 Å². The number of methoxy groups -OCH3 is 1. The van der Waals surface area contributed by atoms with Crippen LogP contribution in [0, 0.1) is 11.8 Å². The lowest BCUT2D eigenvalue weighted by molar-refractivity contribution is -0.140. The maximum Gasteiger partial charge on any atom is 0.247 e. The smallest absolute Gasteiger partial charge is 0.247 e. The van der Waals surface area contributed by atoms with E-state index in [1.165, 1.54) is 12.8 Å². The Labute approximate surface area is 259 Å². The van der Waals surface area contributed by atoms with Gasteiger partial charge >= 0.3 is 0 Å². The second kappa shape index (κ2) is 15.0. The molecule has 0 bridgehead atoms. The minimum Gasteiger partial charge on any atom is -0.494 e. The van der Waals surface area contributed by atoms with E-state index in [9.17, 15) is 4.79 Å². The number of tetrazole rings is 1. The number of allylic oxidation sites excluding steroid dienone is 2. The van der Waals surface area contributed by atoms with Crippen molar-refractivity contribution in [3.63, 3.8) is 0 Å². The third-order valence-electron chi connectivity index (χ3n) is 8.69. The summed E-state index contributed by atoms with van der Waals surface area (Å²) in [5, 5.41) is 21.0. The Kier molecular flexibility index (Phi) is 10.6. The summed E-state index contributed by atoms with van der Waals surface area (Å²) in [6.45, 7) is 1.12. The number of fused-ring (bicyclic) bond motifs is 1. The van der Waals surface area contributed by atoms with Gasteiger partial charge in [0.2, 0.25) is 11.7 Å². The second-order valence-electron chi connectivity index (χ2n) is 11.5. The first kappa shape index (κ1) is 31.2. The Morgan fingerprint density at radius 3 is 2.27 bits per heavy atom. The van der Waals surface area contributed by atoms with E-state index in [1.807, 2.05) is 41.4 Å². The number of hydrogen-bond donors (Lipinski definition) is 1. The van der Waals surface area contributed by atoms with Crippen LogP contribution in [0.2, 0.25) is 0 Å². The van der Waals surface area contributed by atoms with Crippen LogP contribution in [0.25, 0.3) is 11.4 Å². The molecule has 3 aliphatic rings. The number of hydrogen-bond acceptors (Lipinski definition) is 8. The average molecular weight is 601 g/mol. The summed E-state index contributed by atoms with van der Waals surface area (Å²) in [7, 11) is 1.66. The second-order valence-corrected chi connectivity index (χ2v) is 11.5. The highest BCUT2D eigenvalue weighted by Gasteiger charge is 2.42. The molecule has 1 fully saturated rings. The number of unbranched alkanes of at least 4 members (excludes halogenated alkanes) is 1. The van der Waals surface area contributed by atoms with E-state index in [-0.39, 0.29) is 31.2 Å². The molecule has 3 aromatic rings. The van der Waals surface area contributed by atoms with Crippen molar-refractivity contribution >= 4 is 11.6 Å². The molecule has 0 saturated heterocycles. The molecule has 1 amide bonds. The molecule has 1 N–H and O–H groups in total. The molecule has 2 aromatic carbocycles. The highest BCUT2D eigenvalue weighted by molar-refractivity contribution is 6.07. The molecular formula is C34H44N6O4. The first-order valence-corrected chi connectivity index (χ1v) is 15.6. The van der Waals surface area contributed by atoms with Crippen molar-refractivity contribution in [1.82, 2.24) is 25.6 Å². The molecule has 0 radical (unpaired) electrons. The molecule has 1 saturated carbocycles. The van der Waals surface area contributed by atoms with Gasteiger partial charge < -0.3 is 14.2 Å². The van der Waals surface area contributed by atoms with Crippen molar-refractivity contribution in [3.8, 4) is 28.6 Å². The fourth-order valence-corrected chi connectivity index (χ4v) is 6.34. The lowest BCUT2D eigenvalue weighted by Gasteiger charge is -2.40. The van der Waals surface area contributed by atoms with Crippen LogP contribution in [0.4, 0.5) is 0 Å². The van der Waals surface area contributed by atoms with Crippen LogP contribution in [0.3, 0.4) is 0 Å². The third kappa shape index (κ3) is 7.11. The van der Waals surface area contributed by atoms with Gasteiger partial charge in [-0.25, -0.2) is 5.01 Å². The summed E-state index contributed by atoms with van der Waals surface area (Å²) < 4.78 is 17.8.